The van der Waals surface area contributed by atoms with Gasteiger partial charge < -0.3 is 15.4 Å². The summed E-state index contributed by atoms with van der Waals surface area (Å²) >= 11 is 2.24. The Morgan fingerprint density at radius 1 is 1.37 bits per heavy atom. The van der Waals surface area contributed by atoms with Crippen molar-refractivity contribution < 1.29 is 9.53 Å². The van der Waals surface area contributed by atoms with Crippen LogP contribution in [0.3, 0.4) is 0 Å². The van der Waals surface area contributed by atoms with E-state index in [2.05, 4.69) is 33.2 Å². The maximum atomic E-state index is 11.7. The SMILES string of the molecule is Cl.O=C(CNCC1CCCO1)Nc1ccc(I)cc1. The van der Waals surface area contributed by atoms with Crippen LogP contribution >= 0.6 is 35.0 Å². The van der Waals surface area contributed by atoms with E-state index in [4.69, 9.17) is 4.74 Å². The Bertz CT molecular complexity index is 394. The molecule has 106 valence electrons. The van der Waals surface area contributed by atoms with Crippen molar-refractivity contribution in [2.45, 2.75) is 18.9 Å². The molecular weight excluding hydrogens is 379 g/mol. The van der Waals surface area contributed by atoms with E-state index >= 15 is 0 Å². The minimum Gasteiger partial charge on any atom is -0.377 e. The maximum Gasteiger partial charge on any atom is 0.238 e. The van der Waals surface area contributed by atoms with E-state index in [1.54, 1.807) is 0 Å². The summed E-state index contributed by atoms with van der Waals surface area (Å²) in [6, 6.07) is 7.74. The average molecular weight is 397 g/mol. The summed E-state index contributed by atoms with van der Waals surface area (Å²) in [5.74, 6) is -0.0193. The molecule has 1 aliphatic heterocycles. The average Bonchev–Trinajstić information content (AvgIpc) is 2.85. The van der Waals surface area contributed by atoms with Crippen LogP contribution in [0.25, 0.3) is 0 Å². The topological polar surface area (TPSA) is 50.4 Å². The second kappa shape index (κ2) is 8.73. The smallest absolute Gasteiger partial charge is 0.238 e. The van der Waals surface area contributed by atoms with Gasteiger partial charge in [0.05, 0.1) is 12.6 Å². The van der Waals surface area contributed by atoms with Crippen molar-refractivity contribution in [1.29, 1.82) is 0 Å². The quantitative estimate of drug-likeness (QED) is 0.752. The van der Waals surface area contributed by atoms with Gasteiger partial charge >= 0.3 is 0 Å². The number of benzene rings is 1. The number of amides is 1. The summed E-state index contributed by atoms with van der Waals surface area (Å²) in [5, 5.41) is 5.97. The highest BCUT2D eigenvalue weighted by molar-refractivity contribution is 14.1. The van der Waals surface area contributed by atoms with E-state index in [9.17, 15) is 4.79 Å². The molecule has 1 aliphatic rings. The van der Waals surface area contributed by atoms with Crippen LogP contribution in [0.15, 0.2) is 24.3 Å². The van der Waals surface area contributed by atoms with Crippen LogP contribution in [0, 0.1) is 3.57 Å². The zero-order valence-corrected chi connectivity index (χ0v) is 13.5. The van der Waals surface area contributed by atoms with E-state index in [1.165, 1.54) is 0 Å². The number of hydrogen-bond acceptors (Lipinski definition) is 3. The Hall–Kier alpha value is -0.370. The van der Waals surface area contributed by atoms with Crippen LogP contribution in [0.4, 0.5) is 5.69 Å². The zero-order chi connectivity index (χ0) is 12.8. The highest BCUT2D eigenvalue weighted by Crippen LogP contribution is 2.11. The van der Waals surface area contributed by atoms with Crippen molar-refractivity contribution in [3.05, 3.63) is 27.8 Å². The van der Waals surface area contributed by atoms with Crippen LogP contribution in [0.1, 0.15) is 12.8 Å². The Morgan fingerprint density at radius 2 is 2.11 bits per heavy atom. The fourth-order valence-electron chi connectivity index (χ4n) is 1.89. The zero-order valence-electron chi connectivity index (χ0n) is 10.5. The third-order valence-electron chi connectivity index (χ3n) is 2.81. The van der Waals surface area contributed by atoms with Gasteiger partial charge in [-0.2, -0.15) is 0 Å². The maximum absolute atomic E-state index is 11.7. The molecule has 0 aromatic heterocycles. The number of rotatable bonds is 5. The first kappa shape index (κ1) is 16.7. The number of anilines is 1. The number of nitrogens with one attached hydrogen (secondary N) is 2. The van der Waals surface area contributed by atoms with Gasteiger partial charge in [-0.25, -0.2) is 0 Å². The van der Waals surface area contributed by atoms with Crippen molar-refractivity contribution in [2.75, 3.05) is 25.0 Å². The van der Waals surface area contributed by atoms with Crippen molar-refractivity contribution in [2.24, 2.45) is 0 Å². The van der Waals surface area contributed by atoms with Gasteiger partial charge in [0, 0.05) is 22.4 Å². The Kier molecular flexibility index (Phi) is 7.67. The number of ether oxygens (including phenoxy) is 1. The van der Waals surface area contributed by atoms with Crippen molar-refractivity contribution in [1.82, 2.24) is 5.32 Å². The molecule has 2 N–H and O–H groups in total. The fraction of sp³-hybridized carbons (Fsp3) is 0.462. The lowest BCUT2D eigenvalue weighted by molar-refractivity contribution is -0.115. The van der Waals surface area contributed by atoms with Crippen molar-refractivity contribution in [3.8, 4) is 0 Å². The second-order valence-corrected chi connectivity index (χ2v) is 5.57. The molecule has 6 heteroatoms. The molecular formula is C13H18ClIN2O2. The molecule has 0 spiro atoms. The number of carbonyl (C=O) groups is 1. The highest BCUT2D eigenvalue weighted by Gasteiger charge is 2.14. The van der Waals surface area contributed by atoms with E-state index < -0.39 is 0 Å². The first-order valence-electron chi connectivity index (χ1n) is 6.12. The van der Waals surface area contributed by atoms with Gasteiger partial charge in [-0.3, -0.25) is 4.79 Å². The molecule has 1 aromatic rings. The van der Waals surface area contributed by atoms with Crippen LogP contribution in [0.2, 0.25) is 0 Å². The molecule has 1 amide bonds. The summed E-state index contributed by atoms with van der Waals surface area (Å²) in [6.45, 7) is 1.92. The largest absolute Gasteiger partial charge is 0.377 e. The van der Waals surface area contributed by atoms with Gasteiger partial charge in [0.15, 0.2) is 0 Å². The molecule has 0 saturated carbocycles. The normalized spacial score (nSPS) is 17.8. The third kappa shape index (κ3) is 6.07. The Morgan fingerprint density at radius 3 is 2.74 bits per heavy atom. The first-order chi connectivity index (χ1) is 8.74. The number of halogens is 2. The number of hydrogen-bond donors (Lipinski definition) is 2. The summed E-state index contributed by atoms with van der Waals surface area (Å²) < 4.78 is 6.63. The van der Waals surface area contributed by atoms with E-state index in [0.717, 1.165) is 35.3 Å². The van der Waals surface area contributed by atoms with Gasteiger partial charge in [0.25, 0.3) is 0 Å². The summed E-state index contributed by atoms with van der Waals surface area (Å²) in [7, 11) is 0. The lowest BCUT2D eigenvalue weighted by atomic mass is 10.2. The Labute approximate surface area is 133 Å². The molecule has 1 aromatic carbocycles. The van der Waals surface area contributed by atoms with Gasteiger partial charge in [0.1, 0.15) is 0 Å². The molecule has 1 fully saturated rings. The molecule has 1 saturated heterocycles. The van der Waals surface area contributed by atoms with Crippen molar-refractivity contribution >= 4 is 46.6 Å². The van der Waals surface area contributed by atoms with Gasteiger partial charge in [-0.05, 0) is 59.7 Å². The molecule has 4 nitrogen and oxygen atoms in total. The number of carbonyl (C=O) groups excluding carboxylic acids is 1. The molecule has 2 rings (SSSR count). The molecule has 1 atom stereocenters. The second-order valence-electron chi connectivity index (χ2n) is 4.32. The van der Waals surface area contributed by atoms with Gasteiger partial charge in [0.2, 0.25) is 5.91 Å². The molecule has 1 unspecified atom stereocenters. The predicted octanol–water partition coefficient (Wildman–Crippen LogP) is 2.42. The molecule has 1 heterocycles. The highest BCUT2D eigenvalue weighted by atomic mass is 127. The summed E-state index contributed by atoms with van der Waals surface area (Å²) in [4.78, 5) is 11.7. The predicted molar refractivity (Wildman–Crippen MR) is 86.9 cm³/mol. The lowest BCUT2D eigenvalue weighted by Gasteiger charge is -2.10. The minimum atomic E-state index is -0.0193. The fourth-order valence-corrected chi connectivity index (χ4v) is 2.25. The monoisotopic (exact) mass is 396 g/mol. The third-order valence-corrected chi connectivity index (χ3v) is 3.53. The van der Waals surface area contributed by atoms with Crippen LogP contribution in [0.5, 0.6) is 0 Å². The van der Waals surface area contributed by atoms with Gasteiger partial charge in [-0.1, -0.05) is 0 Å². The van der Waals surface area contributed by atoms with Crippen LogP contribution in [-0.2, 0) is 9.53 Å². The van der Waals surface area contributed by atoms with Gasteiger partial charge in [-0.15, -0.1) is 12.4 Å². The van der Waals surface area contributed by atoms with E-state index in [-0.39, 0.29) is 24.4 Å². The van der Waals surface area contributed by atoms with E-state index in [0.29, 0.717) is 6.54 Å². The molecule has 0 radical (unpaired) electrons. The molecule has 0 bridgehead atoms. The first-order valence-corrected chi connectivity index (χ1v) is 7.19. The van der Waals surface area contributed by atoms with E-state index in [1.807, 2.05) is 24.3 Å². The lowest BCUT2D eigenvalue weighted by Crippen LogP contribution is -2.33. The van der Waals surface area contributed by atoms with Crippen LogP contribution in [-0.4, -0.2) is 31.7 Å². The Balaban J connectivity index is 0.00000180. The standard InChI is InChI=1S/C13H17IN2O2.ClH/c14-10-3-5-11(6-4-10)16-13(17)9-15-8-12-2-1-7-18-12;/h3-6,12,15H,1-2,7-9H2,(H,16,17);1H. The summed E-state index contributed by atoms with van der Waals surface area (Å²) in [5.41, 5.74) is 0.833. The minimum absolute atomic E-state index is 0. The summed E-state index contributed by atoms with van der Waals surface area (Å²) in [6.07, 6.45) is 2.49. The van der Waals surface area contributed by atoms with Crippen molar-refractivity contribution in [3.63, 3.8) is 0 Å². The molecule has 0 aliphatic carbocycles. The molecule has 19 heavy (non-hydrogen) atoms. The van der Waals surface area contributed by atoms with Crippen LogP contribution < -0.4 is 10.6 Å².